The standard InChI is InChI=1S/C18H24N2O2/c1-11(2)16-10-15(6-7-17(16)21-5)22-18-12(3)8-14(20-19)9-13(18)4/h6-11,20H,19H2,1-5H3. The van der Waals surface area contributed by atoms with E-state index < -0.39 is 0 Å². The lowest BCUT2D eigenvalue weighted by Crippen LogP contribution is -2.07. The van der Waals surface area contributed by atoms with Crippen molar-refractivity contribution in [3.63, 3.8) is 0 Å². The van der Waals surface area contributed by atoms with Gasteiger partial charge in [0.05, 0.1) is 7.11 Å². The molecule has 0 bridgehead atoms. The molecule has 4 nitrogen and oxygen atoms in total. The van der Waals surface area contributed by atoms with Gasteiger partial charge < -0.3 is 14.9 Å². The molecule has 0 radical (unpaired) electrons. The van der Waals surface area contributed by atoms with Crippen LogP contribution in [0.3, 0.4) is 0 Å². The van der Waals surface area contributed by atoms with Crippen LogP contribution in [0.5, 0.6) is 17.2 Å². The molecule has 0 unspecified atom stereocenters. The van der Waals surface area contributed by atoms with Gasteiger partial charge in [-0.15, -0.1) is 0 Å². The van der Waals surface area contributed by atoms with Gasteiger partial charge in [0.15, 0.2) is 0 Å². The Bertz CT molecular complexity index is 643. The molecular formula is C18H24N2O2. The molecular weight excluding hydrogens is 276 g/mol. The van der Waals surface area contributed by atoms with Crippen LogP contribution in [-0.2, 0) is 0 Å². The number of nitrogens with one attached hydrogen (secondary N) is 1. The Balaban J connectivity index is 2.37. The molecule has 2 rings (SSSR count). The fraction of sp³-hybridized carbons (Fsp3) is 0.333. The summed E-state index contributed by atoms with van der Waals surface area (Å²) >= 11 is 0. The van der Waals surface area contributed by atoms with E-state index in [2.05, 4.69) is 19.3 Å². The van der Waals surface area contributed by atoms with Gasteiger partial charge in [0, 0.05) is 11.3 Å². The summed E-state index contributed by atoms with van der Waals surface area (Å²) in [7, 11) is 1.69. The number of nitrogen functional groups attached to an aromatic ring is 1. The van der Waals surface area contributed by atoms with Crippen LogP contribution in [0.1, 0.15) is 36.5 Å². The predicted octanol–water partition coefficient (Wildman–Crippen LogP) is 4.51. The van der Waals surface area contributed by atoms with Gasteiger partial charge in [-0.3, -0.25) is 5.84 Å². The Kier molecular flexibility index (Phi) is 4.93. The lowest BCUT2D eigenvalue weighted by molar-refractivity contribution is 0.405. The van der Waals surface area contributed by atoms with Gasteiger partial charge in [0.1, 0.15) is 17.2 Å². The second-order valence-electron chi connectivity index (χ2n) is 5.74. The highest BCUT2D eigenvalue weighted by atomic mass is 16.5. The van der Waals surface area contributed by atoms with Crippen LogP contribution >= 0.6 is 0 Å². The number of hydrogen-bond donors (Lipinski definition) is 2. The maximum Gasteiger partial charge on any atom is 0.133 e. The smallest absolute Gasteiger partial charge is 0.133 e. The maximum absolute atomic E-state index is 6.11. The van der Waals surface area contributed by atoms with E-state index in [-0.39, 0.29) is 0 Å². The van der Waals surface area contributed by atoms with Crippen molar-refractivity contribution >= 4 is 5.69 Å². The van der Waals surface area contributed by atoms with Crippen LogP contribution in [0.4, 0.5) is 5.69 Å². The Morgan fingerprint density at radius 1 is 1.05 bits per heavy atom. The van der Waals surface area contributed by atoms with Crippen LogP contribution in [0, 0.1) is 13.8 Å². The summed E-state index contributed by atoms with van der Waals surface area (Å²) in [6.45, 7) is 8.30. The van der Waals surface area contributed by atoms with Crippen LogP contribution in [-0.4, -0.2) is 7.11 Å². The zero-order valence-electron chi connectivity index (χ0n) is 13.9. The molecule has 118 valence electrons. The topological polar surface area (TPSA) is 56.5 Å². The molecule has 2 aromatic carbocycles. The molecule has 22 heavy (non-hydrogen) atoms. The Labute approximate surface area is 132 Å². The molecule has 0 aliphatic carbocycles. The Morgan fingerprint density at radius 3 is 2.18 bits per heavy atom. The summed E-state index contributed by atoms with van der Waals surface area (Å²) in [5.74, 6) is 8.39. The van der Waals surface area contributed by atoms with E-state index in [0.29, 0.717) is 5.92 Å². The van der Waals surface area contributed by atoms with Gasteiger partial charge in [-0.25, -0.2) is 0 Å². The number of rotatable bonds is 5. The summed E-state index contributed by atoms with van der Waals surface area (Å²) in [6, 6.07) is 9.85. The highest BCUT2D eigenvalue weighted by Gasteiger charge is 2.12. The number of aryl methyl sites for hydroxylation is 2. The van der Waals surface area contributed by atoms with E-state index in [1.54, 1.807) is 7.11 Å². The number of ether oxygens (including phenoxy) is 2. The molecule has 0 saturated carbocycles. The Hall–Kier alpha value is -2.20. The molecule has 0 aliphatic heterocycles. The van der Waals surface area contributed by atoms with Gasteiger partial charge in [-0.2, -0.15) is 0 Å². The van der Waals surface area contributed by atoms with Crippen LogP contribution in [0.2, 0.25) is 0 Å². The molecule has 0 heterocycles. The third-order valence-corrected chi connectivity index (χ3v) is 3.67. The van der Waals surface area contributed by atoms with E-state index in [1.165, 1.54) is 0 Å². The predicted molar refractivity (Wildman–Crippen MR) is 90.9 cm³/mol. The fourth-order valence-corrected chi connectivity index (χ4v) is 2.54. The number of nitrogens with two attached hydrogens (primary N) is 1. The number of hydrazine groups is 1. The van der Waals surface area contributed by atoms with Crippen molar-refractivity contribution < 1.29 is 9.47 Å². The molecule has 0 fully saturated rings. The van der Waals surface area contributed by atoms with Gasteiger partial charge in [0.25, 0.3) is 0 Å². The molecule has 0 amide bonds. The number of hydrogen-bond acceptors (Lipinski definition) is 4. The zero-order valence-corrected chi connectivity index (χ0v) is 13.9. The second kappa shape index (κ2) is 6.71. The van der Waals surface area contributed by atoms with Crippen molar-refractivity contribution in [2.24, 2.45) is 5.84 Å². The van der Waals surface area contributed by atoms with E-state index >= 15 is 0 Å². The molecule has 2 aromatic rings. The van der Waals surface area contributed by atoms with Gasteiger partial charge in [-0.05, 0) is 61.2 Å². The van der Waals surface area contributed by atoms with Crippen molar-refractivity contribution in [2.75, 3.05) is 12.5 Å². The van der Waals surface area contributed by atoms with Crippen LogP contribution < -0.4 is 20.7 Å². The summed E-state index contributed by atoms with van der Waals surface area (Å²) in [4.78, 5) is 0. The first kappa shape index (κ1) is 16.2. The first-order chi connectivity index (χ1) is 10.5. The van der Waals surface area contributed by atoms with Crippen molar-refractivity contribution in [3.8, 4) is 17.2 Å². The number of benzene rings is 2. The quantitative estimate of drug-likeness (QED) is 0.630. The van der Waals surface area contributed by atoms with Crippen molar-refractivity contribution in [3.05, 3.63) is 47.0 Å². The third-order valence-electron chi connectivity index (χ3n) is 3.67. The maximum atomic E-state index is 6.11. The average molecular weight is 300 g/mol. The third kappa shape index (κ3) is 3.34. The number of methoxy groups -OCH3 is 1. The lowest BCUT2D eigenvalue weighted by atomic mass is 10.0. The summed E-state index contributed by atoms with van der Waals surface area (Å²) in [5, 5.41) is 0. The van der Waals surface area contributed by atoms with Crippen LogP contribution in [0.25, 0.3) is 0 Å². The summed E-state index contributed by atoms with van der Waals surface area (Å²) in [5.41, 5.74) is 6.75. The summed E-state index contributed by atoms with van der Waals surface area (Å²) in [6.07, 6.45) is 0. The molecule has 0 aliphatic rings. The molecule has 3 N–H and O–H groups in total. The fourth-order valence-electron chi connectivity index (χ4n) is 2.54. The molecule has 0 aromatic heterocycles. The van der Waals surface area contributed by atoms with Gasteiger partial charge in [-0.1, -0.05) is 13.8 Å². The minimum Gasteiger partial charge on any atom is -0.496 e. The van der Waals surface area contributed by atoms with Gasteiger partial charge >= 0.3 is 0 Å². The van der Waals surface area contributed by atoms with Crippen molar-refractivity contribution in [2.45, 2.75) is 33.6 Å². The van der Waals surface area contributed by atoms with Crippen LogP contribution in [0.15, 0.2) is 30.3 Å². The molecule has 4 heteroatoms. The molecule has 0 saturated heterocycles. The van der Waals surface area contributed by atoms with Gasteiger partial charge in [0.2, 0.25) is 0 Å². The highest BCUT2D eigenvalue weighted by Crippen LogP contribution is 2.35. The SMILES string of the molecule is COc1ccc(Oc2c(C)cc(NN)cc2C)cc1C(C)C. The number of anilines is 1. The van der Waals surface area contributed by atoms with E-state index in [1.807, 2.05) is 44.2 Å². The molecule has 0 spiro atoms. The van der Waals surface area contributed by atoms with E-state index in [4.69, 9.17) is 15.3 Å². The zero-order chi connectivity index (χ0) is 16.3. The first-order valence-electron chi connectivity index (χ1n) is 7.40. The second-order valence-corrected chi connectivity index (χ2v) is 5.74. The average Bonchev–Trinajstić information content (AvgIpc) is 2.50. The van der Waals surface area contributed by atoms with Crippen molar-refractivity contribution in [1.82, 2.24) is 0 Å². The lowest BCUT2D eigenvalue weighted by Gasteiger charge is -2.17. The normalized spacial score (nSPS) is 10.7. The monoisotopic (exact) mass is 300 g/mol. The minimum atomic E-state index is 0.365. The minimum absolute atomic E-state index is 0.365. The Morgan fingerprint density at radius 2 is 1.68 bits per heavy atom. The van der Waals surface area contributed by atoms with Crippen molar-refractivity contribution in [1.29, 1.82) is 0 Å². The van der Waals surface area contributed by atoms with E-state index in [0.717, 1.165) is 39.6 Å². The summed E-state index contributed by atoms with van der Waals surface area (Å²) < 4.78 is 11.5. The largest absolute Gasteiger partial charge is 0.496 e. The molecule has 0 atom stereocenters. The highest BCUT2D eigenvalue weighted by molar-refractivity contribution is 5.56. The first-order valence-corrected chi connectivity index (χ1v) is 7.40. The van der Waals surface area contributed by atoms with E-state index in [9.17, 15) is 0 Å².